The van der Waals surface area contributed by atoms with Crippen LogP contribution in [0.2, 0.25) is 0 Å². The van der Waals surface area contributed by atoms with Crippen molar-refractivity contribution in [3.05, 3.63) is 54.2 Å². The number of ether oxygens (including phenoxy) is 2. The summed E-state index contributed by atoms with van der Waals surface area (Å²) < 4.78 is 11.9. The van der Waals surface area contributed by atoms with Crippen molar-refractivity contribution in [1.29, 1.82) is 0 Å². The maximum absolute atomic E-state index is 6.14. The topological polar surface area (TPSA) is 99.3 Å². The highest BCUT2D eigenvalue weighted by molar-refractivity contribution is 5.67. The van der Waals surface area contributed by atoms with Crippen molar-refractivity contribution >= 4 is 11.6 Å². The van der Waals surface area contributed by atoms with E-state index in [0.29, 0.717) is 29.6 Å². The van der Waals surface area contributed by atoms with Crippen LogP contribution in [-0.4, -0.2) is 45.2 Å². The minimum atomic E-state index is -0.251. The van der Waals surface area contributed by atoms with Crippen molar-refractivity contribution in [3.8, 4) is 17.0 Å². The highest BCUT2D eigenvalue weighted by atomic mass is 16.5. The Bertz CT molecular complexity index is 1140. The molecule has 8 nitrogen and oxygen atoms in total. The summed E-state index contributed by atoms with van der Waals surface area (Å²) in [5.41, 5.74) is 8.70. The highest BCUT2D eigenvalue weighted by Gasteiger charge is 2.40. The van der Waals surface area contributed by atoms with Crippen molar-refractivity contribution in [2.24, 2.45) is 0 Å². The summed E-state index contributed by atoms with van der Waals surface area (Å²) in [5.74, 6) is 3.23. The van der Waals surface area contributed by atoms with Crippen LogP contribution in [0.1, 0.15) is 49.7 Å². The molecule has 2 bridgehead atoms. The van der Waals surface area contributed by atoms with Crippen LogP contribution in [0.25, 0.3) is 11.3 Å². The van der Waals surface area contributed by atoms with Crippen LogP contribution in [0.15, 0.2) is 42.7 Å². The average molecular weight is 431 g/mol. The van der Waals surface area contributed by atoms with Gasteiger partial charge in [-0.3, -0.25) is 4.98 Å². The molecular formula is C24H26N6O2. The largest absolute Gasteiger partial charge is 0.481 e. The fraction of sp³-hybridized carbons (Fsp3) is 0.417. The van der Waals surface area contributed by atoms with E-state index in [1.54, 1.807) is 12.4 Å². The first kappa shape index (κ1) is 19.4. The monoisotopic (exact) mass is 430 g/mol. The van der Waals surface area contributed by atoms with Crippen molar-refractivity contribution in [2.45, 2.75) is 50.4 Å². The average Bonchev–Trinajstić information content (AvgIpc) is 3.47. The Kier molecular flexibility index (Phi) is 4.68. The summed E-state index contributed by atoms with van der Waals surface area (Å²) in [4.78, 5) is 21.0. The van der Waals surface area contributed by atoms with Crippen LogP contribution in [-0.2, 0) is 4.74 Å². The molecule has 2 N–H and O–H groups in total. The molecule has 6 rings (SSSR count). The number of morpholine rings is 1. The summed E-state index contributed by atoms with van der Waals surface area (Å²) in [6.07, 6.45) is 6.95. The zero-order valence-electron chi connectivity index (χ0n) is 18.0. The first-order chi connectivity index (χ1) is 15.6. The molecule has 0 spiro atoms. The van der Waals surface area contributed by atoms with Crippen molar-refractivity contribution in [3.63, 3.8) is 0 Å². The third kappa shape index (κ3) is 3.64. The Balaban J connectivity index is 1.33. The predicted octanol–water partition coefficient (Wildman–Crippen LogP) is 3.51. The molecule has 3 atom stereocenters. The van der Waals surface area contributed by atoms with E-state index >= 15 is 0 Å². The number of rotatable bonds is 6. The maximum Gasteiger partial charge on any atom is 0.166 e. The molecule has 3 aliphatic rings. The van der Waals surface area contributed by atoms with Gasteiger partial charge in [-0.2, -0.15) is 0 Å². The van der Waals surface area contributed by atoms with Gasteiger partial charge in [-0.05, 0) is 44.4 Å². The van der Waals surface area contributed by atoms with Gasteiger partial charge in [-0.25, -0.2) is 15.0 Å². The number of anilines is 2. The second kappa shape index (κ2) is 7.70. The quantitative estimate of drug-likeness (QED) is 0.634. The molecule has 3 unspecified atom stereocenters. The second-order valence-electron chi connectivity index (χ2n) is 8.86. The standard InChI is InChI=1S/C24H26N6O2/c1-14(19-4-2-3-7-26-19)32-21-8-16(11-27-23(21)25)20-10-22(29-24(28-20)15-5-6-15)30-12-18-9-17(30)13-31-18/h2-4,7-8,10-11,14-15,17-18H,5-6,9,12-13H2,1H3,(H2,25,27). The maximum atomic E-state index is 6.14. The predicted molar refractivity (Wildman–Crippen MR) is 120 cm³/mol. The normalized spacial score (nSPS) is 22.8. The lowest BCUT2D eigenvalue weighted by atomic mass is 10.1. The van der Waals surface area contributed by atoms with E-state index in [0.717, 1.165) is 61.0 Å². The van der Waals surface area contributed by atoms with Crippen molar-refractivity contribution in [1.82, 2.24) is 19.9 Å². The molecule has 8 heteroatoms. The van der Waals surface area contributed by atoms with Gasteiger partial charge in [-0.1, -0.05) is 6.07 Å². The number of aromatic nitrogens is 4. The van der Waals surface area contributed by atoms with Gasteiger partial charge in [-0.15, -0.1) is 0 Å². The van der Waals surface area contributed by atoms with Gasteiger partial charge in [0.05, 0.1) is 30.1 Å². The van der Waals surface area contributed by atoms with Crippen molar-refractivity contribution in [2.75, 3.05) is 23.8 Å². The third-order valence-electron chi connectivity index (χ3n) is 6.45. The van der Waals surface area contributed by atoms with E-state index in [4.69, 9.17) is 25.2 Å². The number of fused-ring (bicyclic) bond motifs is 2. The summed E-state index contributed by atoms with van der Waals surface area (Å²) in [7, 11) is 0. The van der Waals surface area contributed by atoms with E-state index in [-0.39, 0.29) is 6.10 Å². The molecule has 2 saturated heterocycles. The van der Waals surface area contributed by atoms with Crippen molar-refractivity contribution < 1.29 is 9.47 Å². The Morgan fingerprint density at radius 3 is 2.81 bits per heavy atom. The molecule has 2 aliphatic heterocycles. The Morgan fingerprint density at radius 2 is 2.09 bits per heavy atom. The van der Waals surface area contributed by atoms with Crippen LogP contribution < -0.4 is 15.4 Å². The van der Waals surface area contributed by atoms with E-state index in [2.05, 4.69) is 20.9 Å². The van der Waals surface area contributed by atoms with Gasteiger partial charge >= 0.3 is 0 Å². The molecule has 0 radical (unpaired) electrons. The molecule has 0 amide bonds. The fourth-order valence-electron chi connectivity index (χ4n) is 4.51. The summed E-state index contributed by atoms with van der Waals surface area (Å²) >= 11 is 0. The number of hydrogen-bond donors (Lipinski definition) is 1. The lowest BCUT2D eigenvalue weighted by Gasteiger charge is -2.28. The van der Waals surface area contributed by atoms with Crippen LogP contribution >= 0.6 is 0 Å². The number of hydrogen-bond acceptors (Lipinski definition) is 8. The Morgan fingerprint density at radius 1 is 1.19 bits per heavy atom. The third-order valence-corrected chi connectivity index (χ3v) is 6.45. The Hall–Kier alpha value is -3.26. The van der Waals surface area contributed by atoms with Crippen LogP contribution in [0.3, 0.4) is 0 Å². The first-order valence-electron chi connectivity index (χ1n) is 11.2. The minimum Gasteiger partial charge on any atom is -0.481 e. The zero-order chi connectivity index (χ0) is 21.7. The van der Waals surface area contributed by atoms with Crippen LogP contribution in [0.5, 0.6) is 5.75 Å². The Labute approximate surface area is 186 Å². The van der Waals surface area contributed by atoms with E-state index < -0.39 is 0 Å². The molecular weight excluding hydrogens is 404 g/mol. The van der Waals surface area contributed by atoms with Gasteiger partial charge in [0.25, 0.3) is 0 Å². The first-order valence-corrected chi connectivity index (χ1v) is 11.2. The van der Waals surface area contributed by atoms with Gasteiger partial charge < -0.3 is 20.1 Å². The molecule has 3 fully saturated rings. The lowest BCUT2D eigenvalue weighted by molar-refractivity contribution is 0.0989. The lowest BCUT2D eigenvalue weighted by Crippen LogP contribution is -2.37. The molecule has 3 aromatic heterocycles. The summed E-state index contributed by atoms with van der Waals surface area (Å²) in [5, 5.41) is 0. The molecule has 5 heterocycles. The SMILES string of the molecule is CC(Oc1cc(-c2cc(N3CC4CC3CO4)nc(C3CC3)n2)cnc1N)c1ccccn1. The van der Waals surface area contributed by atoms with Gasteiger partial charge in [0.1, 0.15) is 17.7 Å². The molecule has 3 aromatic rings. The van der Waals surface area contributed by atoms with Gasteiger partial charge in [0, 0.05) is 36.5 Å². The molecule has 1 aliphatic carbocycles. The van der Waals surface area contributed by atoms with E-state index in [1.807, 2.05) is 31.2 Å². The smallest absolute Gasteiger partial charge is 0.166 e. The molecule has 0 aromatic carbocycles. The van der Waals surface area contributed by atoms with Gasteiger partial charge in [0.15, 0.2) is 11.6 Å². The van der Waals surface area contributed by atoms with Crippen LogP contribution in [0.4, 0.5) is 11.6 Å². The molecule has 32 heavy (non-hydrogen) atoms. The molecule has 164 valence electrons. The second-order valence-corrected chi connectivity index (χ2v) is 8.86. The summed E-state index contributed by atoms with van der Waals surface area (Å²) in [6, 6.07) is 10.1. The summed E-state index contributed by atoms with van der Waals surface area (Å²) in [6.45, 7) is 3.61. The number of nitrogen functional groups attached to an aromatic ring is 1. The van der Waals surface area contributed by atoms with Gasteiger partial charge in [0.2, 0.25) is 0 Å². The highest BCUT2D eigenvalue weighted by Crippen LogP contribution is 2.41. The molecule has 1 saturated carbocycles. The van der Waals surface area contributed by atoms with Crippen LogP contribution in [0, 0.1) is 0 Å². The number of nitrogens with two attached hydrogens (primary N) is 1. The van der Waals surface area contributed by atoms with E-state index in [1.165, 1.54) is 0 Å². The fourth-order valence-corrected chi connectivity index (χ4v) is 4.51. The minimum absolute atomic E-state index is 0.251. The number of nitrogens with zero attached hydrogens (tertiary/aromatic N) is 5. The van der Waals surface area contributed by atoms with E-state index in [9.17, 15) is 0 Å². The number of pyridine rings is 2. The zero-order valence-corrected chi connectivity index (χ0v) is 18.0.